The van der Waals surface area contributed by atoms with Crippen molar-refractivity contribution >= 4 is 11.6 Å². The van der Waals surface area contributed by atoms with Crippen LogP contribution in [0, 0.1) is 0 Å². The molecule has 0 radical (unpaired) electrons. The van der Waals surface area contributed by atoms with E-state index in [1.165, 1.54) is 43.2 Å². The Labute approximate surface area is 97.6 Å². The van der Waals surface area contributed by atoms with Gasteiger partial charge in [0.05, 0.1) is 0 Å². The monoisotopic (exact) mass is 222 g/mol. The van der Waals surface area contributed by atoms with Gasteiger partial charge in [-0.25, -0.2) is 0 Å². The predicted molar refractivity (Wildman–Crippen MR) is 66.7 cm³/mol. The first-order chi connectivity index (χ1) is 7.31. The van der Waals surface area contributed by atoms with Crippen molar-refractivity contribution in [1.29, 1.82) is 0 Å². The molecule has 1 saturated carbocycles. The smallest absolute Gasteiger partial charge is 0.0404 e. The third kappa shape index (κ3) is 2.55. The van der Waals surface area contributed by atoms with Gasteiger partial charge in [-0.1, -0.05) is 44.0 Å². The summed E-state index contributed by atoms with van der Waals surface area (Å²) in [7, 11) is 0. The molecule has 2 unspecified atom stereocenters. The Kier molecular flexibility index (Phi) is 3.69. The Bertz CT molecular complexity index is 302. The van der Waals surface area contributed by atoms with Crippen LogP contribution in [0.5, 0.6) is 0 Å². The first kappa shape index (κ1) is 11.0. The van der Waals surface area contributed by atoms with E-state index in [1.54, 1.807) is 0 Å². The van der Waals surface area contributed by atoms with E-state index < -0.39 is 0 Å². The highest BCUT2D eigenvalue weighted by molar-refractivity contribution is 6.21. The molecule has 0 N–H and O–H groups in total. The zero-order valence-electron chi connectivity index (χ0n) is 9.38. The summed E-state index contributed by atoms with van der Waals surface area (Å²) in [5.41, 5.74) is 2.89. The third-order valence-corrected chi connectivity index (χ3v) is 3.90. The fraction of sp³-hybridized carbons (Fsp3) is 0.571. The highest BCUT2D eigenvalue weighted by atomic mass is 35.5. The Morgan fingerprint density at radius 1 is 1.20 bits per heavy atom. The van der Waals surface area contributed by atoms with Crippen molar-refractivity contribution in [3.05, 3.63) is 35.4 Å². The van der Waals surface area contributed by atoms with Crippen LogP contribution in [0.15, 0.2) is 24.3 Å². The highest BCUT2D eigenvalue weighted by Gasteiger charge is 2.26. The predicted octanol–water partition coefficient (Wildman–Crippen LogP) is 4.51. The maximum Gasteiger partial charge on any atom is 0.0404 e. The Morgan fingerprint density at radius 3 is 2.47 bits per heavy atom. The largest absolute Gasteiger partial charge is 0.122 e. The van der Waals surface area contributed by atoms with Gasteiger partial charge in [-0.05, 0) is 30.4 Å². The van der Waals surface area contributed by atoms with Gasteiger partial charge in [0.1, 0.15) is 0 Å². The summed E-state index contributed by atoms with van der Waals surface area (Å²) >= 11 is 6.31. The molecule has 1 aliphatic carbocycles. The van der Waals surface area contributed by atoms with Crippen molar-refractivity contribution in [2.75, 3.05) is 0 Å². The fourth-order valence-corrected chi connectivity index (χ4v) is 2.94. The van der Waals surface area contributed by atoms with Crippen LogP contribution in [-0.2, 0) is 6.42 Å². The molecule has 0 bridgehead atoms. The SMILES string of the molecule is CCCc1ccc(C2CCCC2Cl)cc1. The van der Waals surface area contributed by atoms with E-state index in [4.69, 9.17) is 11.6 Å². The number of halogens is 1. The maximum absolute atomic E-state index is 6.31. The van der Waals surface area contributed by atoms with Crippen LogP contribution in [0.3, 0.4) is 0 Å². The quantitative estimate of drug-likeness (QED) is 0.660. The minimum Gasteiger partial charge on any atom is -0.122 e. The molecule has 0 aromatic heterocycles. The van der Waals surface area contributed by atoms with Crippen LogP contribution in [-0.4, -0.2) is 5.38 Å². The van der Waals surface area contributed by atoms with Gasteiger partial charge in [0.25, 0.3) is 0 Å². The minimum absolute atomic E-state index is 0.363. The number of hydrogen-bond acceptors (Lipinski definition) is 0. The van der Waals surface area contributed by atoms with Crippen molar-refractivity contribution in [2.45, 2.75) is 50.3 Å². The van der Waals surface area contributed by atoms with Crippen LogP contribution in [0.4, 0.5) is 0 Å². The lowest BCUT2D eigenvalue weighted by Crippen LogP contribution is -2.04. The Hall–Kier alpha value is -0.490. The van der Waals surface area contributed by atoms with Gasteiger partial charge in [-0.2, -0.15) is 0 Å². The van der Waals surface area contributed by atoms with E-state index in [-0.39, 0.29) is 0 Å². The molecule has 0 heterocycles. The number of alkyl halides is 1. The molecule has 0 saturated heterocycles. The lowest BCUT2D eigenvalue weighted by molar-refractivity contribution is 0.729. The molecule has 2 rings (SSSR count). The second kappa shape index (κ2) is 5.03. The highest BCUT2D eigenvalue weighted by Crippen LogP contribution is 2.38. The summed E-state index contributed by atoms with van der Waals surface area (Å²) in [6, 6.07) is 9.08. The van der Waals surface area contributed by atoms with Crippen molar-refractivity contribution in [1.82, 2.24) is 0 Å². The first-order valence-electron chi connectivity index (χ1n) is 6.04. The summed E-state index contributed by atoms with van der Waals surface area (Å²) in [4.78, 5) is 0. The van der Waals surface area contributed by atoms with Crippen molar-refractivity contribution in [3.8, 4) is 0 Å². The summed E-state index contributed by atoms with van der Waals surface area (Å²) < 4.78 is 0. The normalized spacial score (nSPS) is 25.7. The van der Waals surface area contributed by atoms with Gasteiger partial charge < -0.3 is 0 Å². The van der Waals surface area contributed by atoms with Gasteiger partial charge in [-0.15, -0.1) is 11.6 Å². The fourth-order valence-electron chi connectivity index (χ4n) is 2.51. The number of rotatable bonds is 3. The van der Waals surface area contributed by atoms with E-state index in [9.17, 15) is 0 Å². The molecule has 15 heavy (non-hydrogen) atoms. The molecule has 82 valence electrons. The zero-order valence-corrected chi connectivity index (χ0v) is 10.1. The zero-order chi connectivity index (χ0) is 10.7. The van der Waals surface area contributed by atoms with E-state index in [0.717, 1.165) is 0 Å². The van der Waals surface area contributed by atoms with Gasteiger partial charge in [0.15, 0.2) is 0 Å². The number of aryl methyl sites for hydroxylation is 1. The van der Waals surface area contributed by atoms with Gasteiger partial charge >= 0.3 is 0 Å². The number of hydrogen-bond donors (Lipinski definition) is 0. The van der Waals surface area contributed by atoms with E-state index >= 15 is 0 Å². The molecule has 1 aliphatic rings. The standard InChI is InChI=1S/C14H19Cl/c1-2-4-11-7-9-12(10-8-11)13-5-3-6-14(13)15/h7-10,13-14H,2-6H2,1H3. The molecular formula is C14H19Cl. The van der Waals surface area contributed by atoms with Gasteiger partial charge in [-0.3, -0.25) is 0 Å². The molecular weight excluding hydrogens is 204 g/mol. The van der Waals surface area contributed by atoms with Crippen molar-refractivity contribution in [3.63, 3.8) is 0 Å². The molecule has 1 aromatic rings. The van der Waals surface area contributed by atoms with Gasteiger partial charge in [0, 0.05) is 11.3 Å². The van der Waals surface area contributed by atoms with E-state index in [0.29, 0.717) is 11.3 Å². The van der Waals surface area contributed by atoms with E-state index in [1.807, 2.05) is 0 Å². The minimum atomic E-state index is 0.363. The molecule has 0 aliphatic heterocycles. The van der Waals surface area contributed by atoms with Crippen LogP contribution in [0.2, 0.25) is 0 Å². The molecule has 2 atom stereocenters. The molecule has 0 nitrogen and oxygen atoms in total. The molecule has 0 spiro atoms. The first-order valence-corrected chi connectivity index (χ1v) is 6.48. The molecule has 1 aromatic carbocycles. The summed E-state index contributed by atoms with van der Waals surface area (Å²) in [5.74, 6) is 0.599. The third-order valence-electron chi connectivity index (χ3n) is 3.38. The average molecular weight is 223 g/mol. The van der Waals surface area contributed by atoms with Crippen LogP contribution in [0.25, 0.3) is 0 Å². The summed E-state index contributed by atoms with van der Waals surface area (Å²) in [5, 5.41) is 0.363. The molecule has 1 heteroatoms. The van der Waals surface area contributed by atoms with Gasteiger partial charge in [0.2, 0.25) is 0 Å². The van der Waals surface area contributed by atoms with E-state index in [2.05, 4.69) is 31.2 Å². The average Bonchev–Trinajstić information content (AvgIpc) is 2.66. The maximum atomic E-state index is 6.31. The molecule has 1 fully saturated rings. The number of benzene rings is 1. The molecule has 0 amide bonds. The Morgan fingerprint density at radius 2 is 1.93 bits per heavy atom. The van der Waals surface area contributed by atoms with Crippen LogP contribution < -0.4 is 0 Å². The summed E-state index contributed by atoms with van der Waals surface area (Å²) in [6.45, 7) is 2.22. The van der Waals surface area contributed by atoms with Crippen molar-refractivity contribution < 1.29 is 0 Å². The lowest BCUT2D eigenvalue weighted by atomic mass is 9.96. The summed E-state index contributed by atoms with van der Waals surface area (Å²) in [6.07, 6.45) is 6.15. The van der Waals surface area contributed by atoms with Crippen molar-refractivity contribution in [2.24, 2.45) is 0 Å². The second-order valence-electron chi connectivity index (χ2n) is 4.54. The van der Waals surface area contributed by atoms with Crippen LogP contribution in [0.1, 0.15) is 49.7 Å². The Balaban J connectivity index is 2.09. The lowest BCUT2D eigenvalue weighted by Gasteiger charge is -2.14. The van der Waals surface area contributed by atoms with Crippen LogP contribution >= 0.6 is 11.6 Å². The second-order valence-corrected chi connectivity index (χ2v) is 5.11. The topological polar surface area (TPSA) is 0 Å².